The molecule has 0 aromatic heterocycles. The molecule has 118 valence electrons. The van der Waals surface area contributed by atoms with Gasteiger partial charge in [0.15, 0.2) is 0 Å². The minimum atomic E-state index is -0.645. The third-order valence-electron chi connectivity index (χ3n) is 3.66. The summed E-state index contributed by atoms with van der Waals surface area (Å²) in [5, 5.41) is 23.8. The zero-order valence-corrected chi connectivity index (χ0v) is 12.0. The standard InChI is InChI=1S/C16H15N3O4/c20-11-4-1-9(2-5-11)7-14-16(22)18-13-8-10(15(21)19-23)3-6-12(13)17-14/h1-6,8,14,17,20,23H,7H2,(H,18,22)(H,19,21)/t14-/m0/s1. The molecule has 7 heteroatoms. The lowest BCUT2D eigenvalue weighted by molar-refractivity contribution is -0.117. The second-order valence-corrected chi connectivity index (χ2v) is 5.26. The van der Waals surface area contributed by atoms with E-state index in [1.807, 2.05) is 0 Å². The van der Waals surface area contributed by atoms with Gasteiger partial charge in [-0.3, -0.25) is 14.8 Å². The van der Waals surface area contributed by atoms with Crippen LogP contribution in [0.1, 0.15) is 15.9 Å². The van der Waals surface area contributed by atoms with Gasteiger partial charge < -0.3 is 15.7 Å². The van der Waals surface area contributed by atoms with Crippen LogP contribution in [0, 0.1) is 0 Å². The number of hydrogen-bond acceptors (Lipinski definition) is 5. The molecular weight excluding hydrogens is 298 g/mol. The highest BCUT2D eigenvalue weighted by Crippen LogP contribution is 2.29. The van der Waals surface area contributed by atoms with Crippen molar-refractivity contribution >= 4 is 23.2 Å². The van der Waals surface area contributed by atoms with Gasteiger partial charge in [0.25, 0.3) is 5.91 Å². The summed E-state index contributed by atoms with van der Waals surface area (Å²) in [4.78, 5) is 23.6. The highest BCUT2D eigenvalue weighted by Gasteiger charge is 2.26. The Morgan fingerprint density at radius 3 is 2.57 bits per heavy atom. The van der Waals surface area contributed by atoms with E-state index in [2.05, 4.69) is 10.6 Å². The molecule has 1 atom stereocenters. The maximum Gasteiger partial charge on any atom is 0.274 e. The van der Waals surface area contributed by atoms with Crippen LogP contribution >= 0.6 is 0 Å². The van der Waals surface area contributed by atoms with E-state index in [4.69, 9.17) is 5.21 Å². The Balaban J connectivity index is 1.79. The minimum absolute atomic E-state index is 0.176. The second-order valence-electron chi connectivity index (χ2n) is 5.26. The molecule has 5 N–H and O–H groups in total. The summed E-state index contributed by atoms with van der Waals surface area (Å²) < 4.78 is 0. The number of amides is 2. The Bertz CT molecular complexity index is 758. The molecule has 0 radical (unpaired) electrons. The van der Waals surface area contributed by atoms with Crippen molar-refractivity contribution in [1.29, 1.82) is 0 Å². The van der Waals surface area contributed by atoms with Gasteiger partial charge >= 0.3 is 0 Å². The van der Waals surface area contributed by atoms with Crippen molar-refractivity contribution in [3.05, 3.63) is 53.6 Å². The van der Waals surface area contributed by atoms with E-state index in [9.17, 15) is 14.7 Å². The van der Waals surface area contributed by atoms with Gasteiger partial charge in [0.2, 0.25) is 5.91 Å². The highest BCUT2D eigenvalue weighted by molar-refractivity contribution is 6.05. The molecule has 3 rings (SSSR count). The number of carbonyl (C=O) groups excluding carboxylic acids is 2. The van der Waals surface area contributed by atoms with E-state index in [1.165, 1.54) is 6.07 Å². The number of aromatic hydroxyl groups is 1. The van der Waals surface area contributed by atoms with Gasteiger partial charge in [-0.15, -0.1) is 0 Å². The van der Waals surface area contributed by atoms with E-state index in [1.54, 1.807) is 41.9 Å². The number of anilines is 2. The predicted molar refractivity (Wildman–Crippen MR) is 83.5 cm³/mol. The van der Waals surface area contributed by atoms with Crippen molar-refractivity contribution in [2.75, 3.05) is 10.6 Å². The molecule has 23 heavy (non-hydrogen) atoms. The van der Waals surface area contributed by atoms with Gasteiger partial charge in [-0.2, -0.15) is 0 Å². The lowest BCUT2D eigenvalue weighted by atomic mass is 10.0. The summed E-state index contributed by atoms with van der Waals surface area (Å²) in [6, 6.07) is 10.9. The summed E-state index contributed by atoms with van der Waals surface area (Å²) in [5.41, 5.74) is 3.89. The summed E-state index contributed by atoms with van der Waals surface area (Å²) in [6.07, 6.45) is 0.463. The fourth-order valence-electron chi connectivity index (χ4n) is 2.46. The predicted octanol–water partition coefficient (Wildman–Crippen LogP) is 1.49. The van der Waals surface area contributed by atoms with E-state index >= 15 is 0 Å². The number of phenolic OH excluding ortho intramolecular Hbond substituents is 1. The minimum Gasteiger partial charge on any atom is -0.508 e. The van der Waals surface area contributed by atoms with Gasteiger partial charge in [0, 0.05) is 12.0 Å². The van der Waals surface area contributed by atoms with Crippen LogP contribution in [0.15, 0.2) is 42.5 Å². The summed E-state index contributed by atoms with van der Waals surface area (Å²) in [6.45, 7) is 0. The maximum atomic E-state index is 12.2. The lowest BCUT2D eigenvalue weighted by Crippen LogP contribution is -2.40. The Morgan fingerprint density at radius 2 is 1.87 bits per heavy atom. The van der Waals surface area contributed by atoms with Gasteiger partial charge in [-0.05, 0) is 35.9 Å². The largest absolute Gasteiger partial charge is 0.508 e. The first-order chi connectivity index (χ1) is 11.1. The lowest BCUT2D eigenvalue weighted by Gasteiger charge is -2.27. The number of benzene rings is 2. The third kappa shape index (κ3) is 3.09. The quantitative estimate of drug-likeness (QED) is 0.435. The van der Waals surface area contributed by atoms with Crippen LogP contribution in [-0.2, 0) is 11.2 Å². The zero-order chi connectivity index (χ0) is 16.4. The number of nitrogens with one attached hydrogen (secondary N) is 3. The van der Waals surface area contributed by atoms with Crippen molar-refractivity contribution in [3.8, 4) is 5.75 Å². The van der Waals surface area contributed by atoms with Crippen molar-refractivity contribution < 1.29 is 19.9 Å². The Hall–Kier alpha value is -3.06. The van der Waals surface area contributed by atoms with E-state index in [-0.39, 0.29) is 17.2 Å². The molecule has 0 saturated carbocycles. The molecule has 2 amide bonds. The molecule has 1 aliphatic heterocycles. The first kappa shape index (κ1) is 14.9. The normalized spacial score (nSPS) is 16.0. The van der Waals surface area contributed by atoms with Crippen LogP contribution in [0.3, 0.4) is 0 Å². The molecule has 1 heterocycles. The van der Waals surface area contributed by atoms with Gasteiger partial charge in [-0.1, -0.05) is 12.1 Å². The fourth-order valence-corrected chi connectivity index (χ4v) is 2.46. The van der Waals surface area contributed by atoms with Crippen molar-refractivity contribution in [2.24, 2.45) is 0 Å². The van der Waals surface area contributed by atoms with E-state index in [0.29, 0.717) is 17.8 Å². The second kappa shape index (κ2) is 5.98. The topological polar surface area (TPSA) is 111 Å². The Labute approximate surface area is 131 Å². The molecular formula is C16H15N3O4. The monoisotopic (exact) mass is 313 g/mol. The van der Waals surface area contributed by atoms with E-state index < -0.39 is 11.9 Å². The van der Waals surface area contributed by atoms with Crippen LogP contribution in [0.25, 0.3) is 0 Å². The van der Waals surface area contributed by atoms with Crippen molar-refractivity contribution in [1.82, 2.24) is 5.48 Å². The van der Waals surface area contributed by atoms with Crippen LogP contribution in [0.5, 0.6) is 5.75 Å². The number of rotatable bonds is 3. The molecule has 2 aromatic rings. The van der Waals surface area contributed by atoms with Crippen LogP contribution in [-0.4, -0.2) is 28.2 Å². The van der Waals surface area contributed by atoms with Crippen LogP contribution in [0.4, 0.5) is 11.4 Å². The van der Waals surface area contributed by atoms with Gasteiger partial charge in [0.05, 0.1) is 11.4 Å². The Morgan fingerprint density at radius 1 is 1.13 bits per heavy atom. The zero-order valence-electron chi connectivity index (χ0n) is 12.0. The SMILES string of the molecule is O=C(NO)c1ccc2c(c1)NC(=O)[C@H](Cc1ccc(O)cc1)N2. The van der Waals surface area contributed by atoms with Crippen LogP contribution < -0.4 is 16.1 Å². The highest BCUT2D eigenvalue weighted by atomic mass is 16.5. The molecule has 0 saturated heterocycles. The van der Waals surface area contributed by atoms with Crippen molar-refractivity contribution in [2.45, 2.75) is 12.5 Å². The fraction of sp³-hybridized carbons (Fsp3) is 0.125. The number of fused-ring (bicyclic) bond motifs is 1. The number of hydroxylamine groups is 1. The molecule has 0 spiro atoms. The van der Waals surface area contributed by atoms with Crippen molar-refractivity contribution in [3.63, 3.8) is 0 Å². The average molecular weight is 313 g/mol. The summed E-state index contributed by atoms with van der Waals surface area (Å²) in [5.74, 6) is -0.685. The molecule has 2 aromatic carbocycles. The van der Waals surface area contributed by atoms with Crippen LogP contribution in [0.2, 0.25) is 0 Å². The molecule has 1 aliphatic rings. The maximum absolute atomic E-state index is 12.2. The number of carbonyl (C=O) groups is 2. The van der Waals surface area contributed by atoms with E-state index in [0.717, 1.165) is 5.56 Å². The van der Waals surface area contributed by atoms with Gasteiger partial charge in [-0.25, -0.2) is 5.48 Å². The number of phenols is 1. The molecule has 0 bridgehead atoms. The molecule has 7 nitrogen and oxygen atoms in total. The number of hydrogen-bond donors (Lipinski definition) is 5. The third-order valence-corrected chi connectivity index (χ3v) is 3.66. The smallest absolute Gasteiger partial charge is 0.274 e. The van der Waals surface area contributed by atoms with Gasteiger partial charge in [0.1, 0.15) is 11.8 Å². The molecule has 0 aliphatic carbocycles. The molecule has 0 fully saturated rings. The first-order valence-corrected chi connectivity index (χ1v) is 7.00. The average Bonchev–Trinajstić information content (AvgIpc) is 2.56. The Kier molecular flexibility index (Phi) is 3.86. The summed E-state index contributed by atoms with van der Waals surface area (Å²) >= 11 is 0. The summed E-state index contributed by atoms with van der Waals surface area (Å²) in [7, 11) is 0. The first-order valence-electron chi connectivity index (χ1n) is 7.00. The molecule has 0 unspecified atom stereocenters.